The van der Waals surface area contributed by atoms with Crippen LogP contribution in [0.2, 0.25) is 0 Å². The molecule has 36 heavy (non-hydrogen) atoms. The molecule has 0 bridgehead atoms. The highest BCUT2D eigenvalue weighted by molar-refractivity contribution is 5.29. The number of hydrogen-bond donors (Lipinski definition) is 1. The zero-order valence-corrected chi connectivity index (χ0v) is 22.7. The van der Waals surface area contributed by atoms with Crippen molar-refractivity contribution in [1.29, 1.82) is 0 Å². The van der Waals surface area contributed by atoms with E-state index in [2.05, 4.69) is 70.5 Å². The molecule has 4 heteroatoms. The van der Waals surface area contributed by atoms with Crippen molar-refractivity contribution in [3.05, 3.63) is 108 Å². The van der Waals surface area contributed by atoms with Crippen molar-refractivity contribution in [2.45, 2.75) is 46.3 Å². The maximum atomic E-state index is 10.5. The topological polar surface area (TPSA) is 35.9 Å². The molecule has 0 radical (unpaired) electrons. The third-order valence-corrected chi connectivity index (χ3v) is 6.14. The molecule has 196 valence electrons. The van der Waals surface area contributed by atoms with E-state index in [1.54, 1.807) is 0 Å². The molecule has 1 atom stereocenters. The van der Waals surface area contributed by atoms with Gasteiger partial charge < -0.3 is 9.84 Å². The van der Waals surface area contributed by atoms with Crippen molar-refractivity contribution in [3.8, 4) is 0 Å². The normalized spacial score (nSPS) is 14.8. The molecular weight excluding hydrogens is 444 g/mol. The van der Waals surface area contributed by atoms with Crippen LogP contribution in [0, 0.1) is 0 Å². The summed E-state index contributed by atoms with van der Waals surface area (Å²) in [5, 5.41) is 10.5. The largest absolute Gasteiger partial charge is 0.391 e. The molecule has 0 aliphatic carbocycles. The van der Waals surface area contributed by atoms with E-state index in [9.17, 15) is 5.11 Å². The molecule has 3 aromatic carbocycles. The lowest BCUT2D eigenvalue weighted by atomic mass is 10.0. The van der Waals surface area contributed by atoms with Gasteiger partial charge >= 0.3 is 0 Å². The highest BCUT2D eigenvalue weighted by Crippen LogP contribution is 2.25. The molecule has 3 aromatic rings. The van der Waals surface area contributed by atoms with Crippen LogP contribution in [0.3, 0.4) is 0 Å². The van der Waals surface area contributed by atoms with Gasteiger partial charge in [-0.2, -0.15) is 0 Å². The van der Waals surface area contributed by atoms with Crippen LogP contribution >= 0.6 is 0 Å². The summed E-state index contributed by atoms with van der Waals surface area (Å²) in [5.74, 6) is 0. The van der Waals surface area contributed by atoms with E-state index in [-0.39, 0.29) is 12.2 Å². The van der Waals surface area contributed by atoms with E-state index in [0.717, 1.165) is 45.7 Å². The van der Waals surface area contributed by atoms with Crippen molar-refractivity contribution in [2.75, 3.05) is 45.9 Å². The number of ether oxygens (including phenoxy) is 1. The Bertz CT molecular complexity index is 858. The van der Waals surface area contributed by atoms with Crippen molar-refractivity contribution >= 4 is 0 Å². The zero-order chi connectivity index (χ0) is 26.0. The van der Waals surface area contributed by atoms with E-state index in [4.69, 9.17) is 4.74 Å². The lowest BCUT2D eigenvalue weighted by Gasteiger charge is -2.35. The first kappa shape index (κ1) is 29.7. The predicted octanol–water partition coefficient (Wildman–Crippen LogP) is 6.07. The molecule has 1 heterocycles. The fraction of sp³-hybridized carbons (Fsp3) is 0.438. The fourth-order valence-corrected chi connectivity index (χ4v) is 4.38. The molecule has 0 spiro atoms. The molecule has 4 nitrogen and oxygen atoms in total. The Hall–Kier alpha value is -2.50. The summed E-state index contributed by atoms with van der Waals surface area (Å²) >= 11 is 0. The molecule has 0 amide bonds. The summed E-state index contributed by atoms with van der Waals surface area (Å²) < 4.78 is 6.38. The number of aliphatic hydroxyl groups is 1. The number of β-amino-alcohol motifs (C(OH)–C–C–N with tert-alkyl or cyclic N) is 1. The van der Waals surface area contributed by atoms with Crippen LogP contribution in [0.5, 0.6) is 0 Å². The lowest BCUT2D eigenvalue weighted by Crippen LogP contribution is -2.49. The maximum absolute atomic E-state index is 10.5. The minimum Gasteiger partial charge on any atom is -0.391 e. The van der Waals surface area contributed by atoms with E-state index in [1.165, 1.54) is 16.7 Å². The van der Waals surface area contributed by atoms with Crippen LogP contribution in [0.1, 0.15) is 50.5 Å². The zero-order valence-electron chi connectivity index (χ0n) is 22.7. The highest BCUT2D eigenvalue weighted by atomic mass is 16.5. The second-order valence-corrected chi connectivity index (χ2v) is 8.56. The molecule has 1 N–H and O–H groups in total. The molecule has 1 fully saturated rings. The quantitative estimate of drug-likeness (QED) is 0.374. The number of nitrogens with zero attached hydrogens (tertiary/aromatic N) is 2. The summed E-state index contributed by atoms with van der Waals surface area (Å²) in [6, 6.07) is 31.2. The van der Waals surface area contributed by atoms with Crippen LogP contribution in [0.4, 0.5) is 0 Å². The summed E-state index contributed by atoms with van der Waals surface area (Å²) in [5.41, 5.74) is 3.58. The standard InChI is InChI=1S/C28H34N2O2.2C2H6/c31-27(22-24-10-4-1-5-11-24)23-30-18-16-29(17-19-30)20-21-32-28(25-12-6-2-7-13-25)26-14-8-3-9-15-26;2*1-2/h1-15,27-28,31H,16-23H2;2*1-2H3. The first-order chi connectivity index (χ1) is 17.8. The Balaban J connectivity index is 0.00000109. The smallest absolute Gasteiger partial charge is 0.108 e. The molecule has 1 saturated heterocycles. The van der Waals surface area contributed by atoms with Gasteiger partial charge in [0.15, 0.2) is 0 Å². The monoisotopic (exact) mass is 490 g/mol. The fourth-order valence-electron chi connectivity index (χ4n) is 4.38. The third kappa shape index (κ3) is 10.2. The van der Waals surface area contributed by atoms with Crippen molar-refractivity contribution in [2.24, 2.45) is 0 Å². The average Bonchev–Trinajstić information content (AvgIpc) is 2.96. The molecule has 0 aromatic heterocycles. The van der Waals surface area contributed by atoms with Crippen LogP contribution in [-0.4, -0.2) is 66.9 Å². The molecule has 1 aliphatic rings. The van der Waals surface area contributed by atoms with Gasteiger partial charge in [0, 0.05) is 39.3 Å². The summed E-state index contributed by atoms with van der Waals surface area (Å²) in [6.45, 7) is 14.4. The van der Waals surface area contributed by atoms with E-state index >= 15 is 0 Å². The number of benzene rings is 3. The van der Waals surface area contributed by atoms with E-state index in [0.29, 0.717) is 6.61 Å². The lowest BCUT2D eigenvalue weighted by molar-refractivity contribution is 0.0353. The average molecular weight is 491 g/mol. The predicted molar refractivity (Wildman–Crippen MR) is 152 cm³/mol. The number of hydrogen-bond acceptors (Lipinski definition) is 4. The minimum absolute atomic E-state index is 0.0353. The van der Waals surface area contributed by atoms with Gasteiger partial charge in [-0.1, -0.05) is 119 Å². The van der Waals surface area contributed by atoms with E-state index < -0.39 is 0 Å². The van der Waals surface area contributed by atoms with Crippen LogP contribution < -0.4 is 0 Å². The van der Waals surface area contributed by atoms with Crippen LogP contribution in [-0.2, 0) is 11.2 Å². The van der Waals surface area contributed by atoms with Crippen molar-refractivity contribution in [3.63, 3.8) is 0 Å². The van der Waals surface area contributed by atoms with Crippen molar-refractivity contribution in [1.82, 2.24) is 9.80 Å². The van der Waals surface area contributed by atoms with Gasteiger partial charge in [-0.05, 0) is 23.1 Å². The minimum atomic E-state index is -0.315. The maximum Gasteiger partial charge on any atom is 0.108 e. The molecule has 1 aliphatic heterocycles. The second kappa shape index (κ2) is 17.9. The molecule has 1 unspecified atom stereocenters. The number of rotatable bonds is 10. The molecule has 4 rings (SSSR count). The van der Waals surface area contributed by atoms with Gasteiger partial charge in [-0.15, -0.1) is 0 Å². The van der Waals surface area contributed by atoms with Gasteiger partial charge in [-0.3, -0.25) is 9.80 Å². The Kier molecular flexibility index (Phi) is 14.7. The molecular formula is C32H46N2O2. The first-order valence-electron chi connectivity index (χ1n) is 13.7. The van der Waals surface area contributed by atoms with Gasteiger partial charge in [0.25, 0.3) is 0 Å². The summed E-state index contributed by atoms with van der Waals surface area (Å²) in [4.78, 5) is 4.84. The Morgan fingerprint density at radius 3 is 1.61 bits per heavy atom. The number of aliphatic hydroxyl groups excluding tert-OH is 1. The summed E-state index contributed by atoms with van der Waals surface area (Å²) in [7, 11) is 0. The Morgan fingerprint density at radius 1 is 0.667 bits per heavy atom. The molecule has 0 saturated carbocycles. The van der Waals surface area contributed by atoms with Crippen LogP contribution in [0.25, 0.3) is 0 Å². The SMILES string of the molecule is CC.CC.OC(Cc1ccccc1)CN1CCN(CCOC(c2ccccc2)c2ccccc2)CC1. The number of piperazine rings is 1. The van der Waals surface area contributed by atoms with E-state index in [1.807, 2.05) is 58.0 Å². The Labute approximate surface area is 219 Å². The Morgan fingerprint density at radius 2 is 1.11 bits per heavy atom. The second-order valence-electron chi connectivity index (χ2n) is 8.56. The van der Waals surface area contributed by atoms with Gasteiger partial charge in [-0.25, -0.2) is 0 Å². The van der Waals surface area contributed by atoms with Crippen molar-refractivity contribution < 1.29 is 9.84 Å². The van der Waals surface area contributed by atoms with Crippen LogP contribution in [0.15, 0.2) is 91.0 Å². The first-order valence-corrected chi connectivity index (χ1v) is 13.7. The van der Waals surface area contributed by atoms with Gasteiger partial charge in [0.1, 0.15) is 6.10 Å². The highest BCUT2D eigenvalue weighted by Gasteiger charge is 2.20. The third-order valence-electron chi connectivity index (χ3n) is 6.14. The van der Waals surface area contributed by atoms with Gasteiger partial charge in [0.05, 0.1) is 12.7 Å². The van der Waals surface area contributed by atoms with Gasteiger partial charge in [0.2, 0.25) is 0 Å². The summed E-state index contributed by atoms with van der Waals surface area (Å²) in [6.07, 6.45) is 0.367.